The van der Waals surface area contributed by atoms with E-state index in [0.29, 0.717) is 5.69 Å². The first-order chi connectivity index (χ1) is 7.65. The second-order valence-corrected chi connectivity index (χ2v) is 3.32. The van der Waals surface area contributed by atoms with E-state index in [-0.39, 0.29) is 11.6 Å². The zero-order chi connectivity index (χ0) is 11.5. The molecular weight excluding hydrogens is 208 g/mol. The van der Waals surface area contributed by atoms with E-state index >= 15 is 0 Å². The molecule has 0 bridgehead atoms. The molecule has 2 rings (SSSR count). The van der Waals surface area contributed by atoms with E-state index < -0.39 is 5.69 Å². The summed E-state index contributed by atoms with van der Waals surface area (Å²) in [5.41, 5.74) is 0.877. The minimum atomic E-state index is -0.545. The number of rotatable bonds is 2. The first kappa shape index (κ1) is 10.2. The molecule has 82 valence electrons. The minimum absolute atomic E-state index is 0.0991. The Morgan fingerprint density at radius 1 is 1.44 bits per heavy atom. The average Bonchev–Trinajstić information content (AvgIpc) is 2.22. The lowest BCUT2D eigenvalue weighted by atomic mass is 10.2. The molecule has 0 saturated heterocycles. The highest BCUT2D eigenvalue weighted by Gasteiger charge is 2.02. The fourth-order valence-corrected chi connectivity index (χ4v) is 1.26. The molecule has 0 aliphatic carbocycles. The standard InChI is InChI=1S/C10H10N4O2/c1-6-2-3-7(8(15)4-6)12-9-5-11-14-10(16)13-9/h2-5,15H,1H3,(H2,12,13,14,16). The van der Waals surface area contributed by atoms with Crippen LogP contribution in [0.1, 0.15) is 5.56 Å². The van der Waals surface area contributed by atoms with Crippen molar-refractivity contribution in [3.8, 4) is 5.75 Å². The van der Waals surface area contributed by atoms with Crippen LogP contribution in [0.25, 0.3) is 0 Å². The predicted molar refractivity (Wildman–Crippen MR) is 58.8 cm³/mol. The van der Waals surface area contributed by atoms with Crippen molar-refractivity contribution >= 4 is 11.5 Å². The van der Waals surface area contributed by atoms with Gasteiger partial charge in [0.1, 0.15) is 5.75 Å². The molecule has 0 aliphatic rings. The Labute approximate surface area is 91.0 Å². The summed E-state index contributed by atoms with van der Waals surface area (Å²) in [6.07, 6.45) is 1.36. The highest BCUT2D eigenvalue weighted by atomic mass is 16.3. The van der Waals surface area contributed by atoms with Crippen LogP contribution in [-0.2, 0) is 0 Å². The van der Waals surface area contributed by atoms with Crippen molar-refractivity contribution < 1.29 is 5.11 Å². The van der Waals surface area contributed by atoms with Crippen LogP contribution in [0.15, 0.2) is 29.2 Å². The highest BCUT2D eigenvalue weighted by Crippen LogP contribution is 2.25. The number of anilines is 2. The van der Waals surface area contributed by atoms with E-state index in [4.69, 9.17) is 0 Å². The Morgan fingerprint density at radius 3 is 2.94 bits per heavy atom. The lowest BCUT2D eigenvalue weighted by Crippen LogP contribution is -2.13. The number of aryl methyl sites for hydroxylation is 1. The van der Waals surface area contributed by atoms with Crippen molar-refractivity contribution in [1.29, 1.82) is 0 Å². The molecule has 2 aromatic rings. The van der Waals surface area contributed by atoms with Crippen LogP contribution in [0.3, 0.4) is 0 Å². The van der Waals surface area contributed by atoms with Crippen molar-refractivity contribution in [1.82, 2.24) is 15.2 Å². The molecule has 3 N–H and O–H groups in total. The van der Waals surface area contributed by atoms with Gasteiger partial charge in [0.25, 0.3) is 0 Å². The number of benzene rings is 1. The van der Waals surface area contributed by atoms with E-state index in [9.17, 15) is 9.90 Å². The van der Waals surface area contributed by atoms with Crippen LogP contribution in [0.4, 0.5) is 11.5 Å². The van der Waals surface area contributed by atoms with Gasteiger partial charge in [0.2, 0.25) is 0 Å². The van der Waals surface area contributed by atoms with E-state index in [0.717, 1.165) is 5.56 Å². The molecule has 1 aromatic heterocycles. The first-order valence-electron chi connectivity index (χ1n) is 4.63. The van der Waals surface area contributed by atoms with E-state index in [1.165, 1.54) is 6.20 Å². The normalized spacial score (nSPS) is 10.1. The van der Waals surface area contributed by atoms with Crippen LogP contribution in [-0.4, -0.2) is 20.3 Å². The maximum Gasteiger partial charge on any atom is 0.363 e. The highest BCUT2D eigenvalue weighted by molar-refractivity contribution is 5.63. The SMILES string of the molecule is Cc1ccc(Nc2cn[nH]c(=O)n2)c(O)c1. The molecule has 0 radical (unpaired) electrons. The third kappa shape index (κ3) is 2.17. The fourth-order valence-electron chi connectivity index (χ4n) is 1.26. The number of phenolic OH excluding ortho intramolecular Hbond substituents is 1. The van der Waals surface area contributed by atoms with Gasteiger partial charge in [-0.3, -0.25) is 0 Å². The van der Waals surface area contributed by atoms with Crippen molar-refractivity contribution in [2.75, 3.05) is 5.32 Å². The lowest BCUT2D eigenvalue weighted by molar-refractivity contribution is 0.477. The summed E-state index contributed by atoms with van der Waals surface area (Å²) < 4.78 is 0. The van der Waals surface area contributed by atoms with Crippen LogP contribution in [0, 0.1) is 6.92 Å². The summed E-state index contributed by atoms with van der Waals surface area (Å²) in [7, 11) is 0. The number of H-pyrrole nitrogens is 1. The van der Waals surface area contributed by atoms with Crippen molar-refractivity contribution in [2.24, 2.45) is 0 Å². The van der Waals surface area contributed by atoms with Crippen LogP contribution >= 0.6 is 0 Å². The summed E-state index contributed by atoms with van der Waals surface area (Å²) in [6, 6.07) is 5.15. The van der Waals surface area contributed by atoms with E-state index in [2.05, 4.69) is 20.5 Å². The summed E-state index contributed by atoms with van der Waals surface area (Å²) in [4.78, 5) is 14.5. The van der Waals surface area contributed by atoms with Gasteiger partial charge in [-0.15, -0.1) is 0 Å². The van der Waals surface area contributed by atoms with Gasteiger partial charge in [-0.05, 0) is 24.6 Å². The largest absolute Gasteiger partial charge is 0.506 e. The summed E-state index contributed by atoms with van der Waals surface area (Å²) in [5.74, 6) is 0.380. The molecule has 0 amide bonds. The number of nitrogens with zero attached hydrogens (tertiary/aromatic N) is 2. The van der Waals surface area contributed by atoms with Crippen LogP contribution in [0.2, 0.25) is 0 Å². The topological polar surface area (TPSA) is 90.9 Å². The number of aromatic hydroxyl groups is 1. The first-order valence-corrected chi connectivity index (χ1v) is 4.63. The molecule has 0 fully saturated rings. The zero-order valence-electron chi connectivity index (χ0n) is 8.56. The van der Waals surface area contributed by atoms with Crippen LogP contribution in [0.5, 0.6) is 5.75 Å². The van der Waals surface area contributed by atoms with Gasteiger partial charge in [0.15, 0.2) is 5.82 Å². The molecule has 0 atom stereocenters. The van der Waals surface area contributed by atoms with Crippen molar-refractivity contribution in [2.45, 2.75) is 6.92 Å². The average molecular weight is 218 g/mol. The maximum atomic E-state index is 10.9. The number of nitrogens with one attached hydrogen (secondary N) is 2. The van der Waals surface area contributed by atoms with Gasteiger partial charge in [0.05, 0.1) is 11.9 Å². The summed E-state index contributed by atoms with van der Waals surface area (Å²) >= 11 is 0. The van der Waals surface area contributed by atoms with E-state index in [1.807, 2.05) is 13.0 Å². The van der Waals surface area contributed by atoms with Gasteiger partial charge in [-0.25, -0.2) is 9.89 Å². The van der Waals surface area contributed by atoms with Crippen LogP contribution < -0.4 is 11.0 Å². The molecule has 6 heteroatoms. The molecule has 0 saturated carbocycles. The van der Waals surface area contributed by atoms with Gasteiger partial charge >= 0.3 is 5.69 Å². The van der Waals surface area contributed by atoms with Gasteiger partial charge in [-0.2, -0.15) is 10.1 Å². The number of phenols is 1. The zero-order valence-corrected chi connectivity index (χ0v) is 8.56. The molecule has 1 aromatic carbocycles. The minimum Gasteiger partial charge on any atom is -0.506 e. The summed E-state index contributed by atoms with van der Waals surface area (Å²) in [6.45, 7) is 1.87. The number of hydrogen-bond acceptors (Lipinski definition) is 5. The third-order valence-corrected chi connectivity index (χ3v) is 1.98. The lowest BCUT2D eigenvalue weighted by Gasteiger charge is -2.06. The maximum absolute atomic E-state index is 10.9. The smallest absolute Gasteiger partial charge is 0.363 e. The fraction of sp³-hybridized carbons (Fsp3) is 0.100. The van der Waals surface area contributed by atoms with Gasteiger partial charge < -0.3 is 10.4 Å². The quantitative estimate of drug-likeness (QED) is 0.652. The van der Waals surface area contributed by atoms with Gasteiger partial charge in [0, 0.05) is 0 Å². The Bertz CT molecular complexity index is 565. The van der Waals surface area contributed by atoms with Crippen molar-refractivity contribution in [3.63, 3.8) is 0 Å². The van der Waals surface area contributed by atoms with Crippen molar-refractivity contribution in [3.05, 3.63) is 40.4 Å². The molecule has 0 aliphatic heterocycles. The summed E-state index contributed by atoms with van der Waals surface area (Å²) in [5, 5.41) is 18.2. The number of aromatic amines is 1. The van der Waals surface area contributed by atoms with Gasteiger partial charge in [-0.1, -0.05) is 6.07 Å². The molecule has 0 spiro atoms. The molecular formula is C10H10N4O2. The predicted octanol–water partition coefficient (Wildman–Crippen LogP) is 0.923. The Balaban J connectivity index is 2.30. The molecule has 6 nitrogen and oxygen atoms in total. The monoisotopic (exact) mass is 218 g/mol. The second-order valence-electron chi connectivity index (χ2n) is 3.32. The number of aromatic nitrogens is 3. The number of hydrogen-bond donors (Lipinski definition) is 3. The molecule has 0 unspecified atom stereocenters. The Hall–Kier alpha value is -2.37. The Kier molecular flexibility index (Phi) is 2.55. The molecule has 1 heterocycles. The second kappa shape index (κ2) is 4.01. The molecule has 16 heavy (non-hydrogen) atoms. The third-order valence-electron chi connectivity index (χ3n) is 1.98. The Morgan fingerprint density at radius 2 is 2.25 bits per heavy atom. The van der Waals surface area contributed by atoms with E-state index in [1.54, 1.807) is 12.1 Å².